The quantitative estimate of drug-likeness (QED) is 0.841. The number of nitrogens with one attached hydrogen (secondary N) is 1. The standard InChI is InChI=1S/C16H22ClN3O/c1-19(12-13-20-10-8-18-9-11-20)16(21)7-4-14-2-5-15(17)6-3-14/h2-7,18H,8-13H2,1H3. The number of rotatable bonds is 5. The van der Waals surface area contributed by atoms with Crippen molar-refractivity contribution in [1.29, 1.82) is 0 Å². The zero-order valence-corrected chi connectivity index (χ0v) is 13.1. The summed E-state index contributed by atoms with van der Waals surface area (Å²) in [6.45, 7) is 5.87. The van der Waals surface area contributed by atoms with Gasteiger partial charge >= 0.3 is 0 Å². The zero-order valence-electron chi connectivity index (χ0n) is 12.4. The van der Waals surface area contributed by atoms with Crippen LogP contribution in [0.4, 0.5) is 0 Å². The summed E-state index contributed by atoms with van der Waals surface area (Å²) < 4.78 is 0. The van der Waals surface area contributed by atoms with Crippen molar-refractivity contribution in [1.82, 2.24) is 15.1 Å². The van der Waals surface area contributed by atoms with Crippen LogP contribution >= 0.6 is 11.6 Å². The van der Waals surface area contributed by atoms with E-state index >= 15 is 0 Å². The van der Waals surface area contributed by atoms with Crippen LogP contribution in [0.1, 0.15) is 5.56 Å². The maximum atomic E-state index is 12.0. The predicted octanol–water partition coefficient (Wildman–Crippen LogP) is 1.72. The number of likely N-dealkylation sites (N-methyl/N-ethyl adjacent to an activating group) is 1. The van der Waals surface area contributed by atoms with Crippen LogP contribution in [0.3, 0.4) is 0 Å². The lowest BCUT2D eigenvalue weighted by atomic mass is 10.2. The number of halogens is 1. The monoisotopic (exact) mass is 307 g/mol. The van der Waals surface area contributed by atoms with E-state index in [1.165, 1.54) is 0 Å². The van der Waals surface area contributed by atoms with Crippen molar-refractivity contribution in [3.8, 4) is 0 Å². The lowest BCUT2D eigenvalue weighted by Crippen LogP contribution is -2.46. The lowest BCUT2D eigenvalue weighted by molar-refractivity contribution is -0.124. The highest BCUT2D eigenvalue weighted by Gasteiger charge is 2.11. The molecule has 1 aliphatic heterocycles. The van der Waals surface area contributed by atoms with Crippen LogP contribution in [-0.4, -0.2) is 62.0 Å². The second-order valence-electron chi connectivity index (χ2n) is 5.24. The van der Waals surface area contributed by atoms with E-state index in [0.717, 1.165) is 44.8 Å². The topological polar surface area (TPSA) is 35.6 Å². The first-order chi connectivity index (χ1) is 10.1. The number of hydrogen-bond donors (Lipinski definition) is 1. The van der Waals surface area contributed by atoms with E-state index in [-0.39, 0.29) is 5.91 Å². The van der Waals surface area contributed by atoms with Gasteiger partial charge in [-0.2, -0.15) is 0 Å². The first kappa shape index (κ1) is 16.0. The molecule has 1 heterocycles. The summed E-state index contributed by atoms with van der Waals surface area (Å²) >= 11 is 5.83. The van der Waals surface area contributed by atoms with E-state index in [1.54, 1.807) is 11.0 Å². The molecule has 4 nitrogen and oxygen atoms in total. The molecule has 114 valence electrons. The van der Waals surface area contributed by atoms with Gasteiger partial charge in [-0.15, -0.1) is 0 Å². The minimum atomic E-state index is 0.0279. The molecular weight excluding hydrogens is 286 g/mol. The van der Waals surface area contributed by atoms with E-state index in [9.17, 15) is 4.79 Å². The Labute approximate surface area is 131 Å². The van der Waals surface area contributed by atoms with Gasteiger partial charge in [0.05, 0.1) is 0 Å². The molecule has 0 spiro atoms. The van der Waals surface area contributed by atoms with Gasteiger partial charge < -0.3 is 10.2 Å². The summed E-state index contributed by atoms with van der Waals surface area (Å²) in [6, 6.07) is 7.43. The summed E-state index contributed by atoms with van der Waals surface area (Å²) in [7, 11) is 1.84. The summed E-state index contributed by atoms with van der Waals surface area (Å²) in [6.07, 6.45) is 3.43. The predicted molar refractivity (Wildman–Crippen MR) is 87.4 cm³/mol. The Kier molecular flexibility index (Phi) is 6.23. The van der Waals surface area contributed by atoms with E-state index in [2.05, 4.69) is 10.2 Å². The Balaban J connectivity index is 1.77. The minimum Gasteiger partial charge on any atom is -0.341 e. The maximum absolute atomic E-state index is 12.0. The van der Waals surface area contributed by atoms with Gasteiger partial charge in [0.2, 0.25) is 5.91 Å². The van der Waals surface area contributed by atoms with Gasteiger partial charge in [0, 0.05) is 57.4 Å². The molecule has 2 rings (SSSR count). The first-order valence-corrected chi connectivity index (χ1v) is 7.65. The second-order valence-corrected chi connectivity index (χ2v) is 5.67. The normalized spacial score (nSPS) is 16.3. The molecule has 21 heavy (non-hydrogen) atoms. The third-order valence-corrected chi connectivity index (χ3v) is 3.88. The van der Waals surface area contributed by atoms with Gasteiger partial charge in [-0.1, -0.05) is 23.7 Å². The average molecular weight is 308 g/mol. The fourth-order valence-corrected chi connectivity index (χ4v) is 2.33. The number of amides is 1. The van der Waals surface area contributed by atoms with Gasteiger partial charge in [-0.05, 0) is 23.8 Å². The Bertz CT molecular complexity index is 481. The smallest absolute Gasteiger partial charge is 0.246 e. The van der Waals surface area contributed by atoms with Crippen LogP contribution in [0.5, 0.6) is 0 Å². The van der Waals surface area contributed by atoms with Crippen molar-refractivity contribution in [3.63, 3.8) is 0 Å². The van der Waals surface area contributed by atoms with Crippen molar-refractivity contribution >= 4 is 23.6 Å². The molecule has 0 saturated carbocycles. The molecule has 1 aliphatic rings. The van der Waals surface area contributed by atoms with Crippen LogP contribution < -0.4 is 5.32 Å². The third kappa shape index (κ3) is 5.50. The van der Waals surface area contributed by atoms with E-state index in [4.69, 9.17) is 11.6 Å². The average Bonchev–Trinajstić information content (AvgIpc) is 2.52. The van der Waals surface area contributed by atoms with Crippen LogP contribution in [-0.2, 0) is 4.79 Å². The molecule has 1 aromatic rings. The molecule has 0 radical (unpaired) electrons. The van der Waals surface area contributed by atoms with Crippen LogP contribution in [0.2, 0.25) is 5.02 Å². The van der Waals surface area contributed by atoms with E-state index < -0.39 is 0 Å². The SMILES string of the molecule is CN(CCN1CCNCC1)C(=O)C=Cc1ccc(Cl)cc1. The number of nitrogens with zero attached hydrogens (tertiary/aromatic N) is 2. The number of hydrogen-bond acceptors (Lipinski definition) is 3. The summed E-state index contributed by atoms with van der Waals surface area (Å²) in [4.78, 5) is 16.2. The number of piperazine rings is 1. The highest BCUT2D eigenvalue weighted by molar-refractivity contribution is 6.30. The Morgan fingerprint density at radius 3 is 2.67 bits per heavy atom. The van der Waals surface area contributed by atoms with Crippen molar-refractivity contribution in [2.24, 2.45) is 0 Å². The molecular formula is C16H22ClN3O. The highest BCUT2D eigenvalue weighted by Crippen LogP contribution is 2.10. The number of carbonyl (C=O) groups excluding carboxylic acids is 1. The zero-order chi connectivity index (χ0) is 15.1. The van der Waals surface area contributed by atoms with E-state index in [1.807, 2.05) is 37.4 Å². The Morgan fingerprint density at radius 2 is 2.00 bits per heavy atom. The van der Waals surface area contributed by atoms with Gasteiger partial charge in [-0.25, -0.2) is 0 Å². The van der Waals surface area contributed by atoms with E-state index in [0.29, 0.717) is 5.02 Å². The summed E-state index contributed by atoms with van der Waals surface area (Å²) in [5, 5.41) is 4.03. The van der Waals surface area contributed by atoms with Gasteiger partial charge in [-0.3, -0.25) is 9.69 Å². The molecule has 5 heteroatoms. The molecule has 1 aromatic carbocycles. The van der Waals surface area contributed by atoms with Crippen molar-refractivity contribution < 1.29 is 4.79 Å². The Hall–Kier alpha value is -1.36. The second kappa shape index (κ2) is 8.17. The molecule has 0 aromatic heterocycles. The van der Waals surface area contributed by atoms with Gasteiger partial charge in [0.1, 0.15) is 0 Å². The van der Waals surface area contributed by atoms with Gasteiger partial charge in [0.15, 0.2) is 0 Å². The molecule has 0 atom stereocenters. The number of benzene rings is 1. The van der Waals surface area contributed by atoms with Gasteiger partial charge in [0.25, 0.3) is 0 Å². The van der Waals surface area contributed by atoms with Crippen molar-refractivity contribution in [2.45, 2.75) is 0 Å². The summed E-state index contributed by atoms with van der Waals surface area (Å²) in [5.41, 5.74) is 0.975. The van der Waals surface area contributed by atoms with Crippen molar-refractivity contribution in [2.75, 3.05) is 46.3 Å². The molecule has 1 N–H and O–H groups in total. The van der Waals surface area contributed by atoms with Crippen molar-refractivity contribution in [3.05, 3.63) is 40.9 Å². The van der Waals surface area contributed by atoms with Crippen LogP contribution in [0.15, 0.2) is 30.3 Å². The largest absolute Gasteiger partial charge is 0.341 e. The number of carbonyl (C=O) groups is 1. The fourth-order valence-electron chi connectivity index (χ4n) is 2.21. The molecule has 0 unspecified atom stereocenters. The lowest BCUT2D eigenvalue weighted by Gasteiger charge is -2.28. The summed E-state index contributed by atoms with van der Waals surface area (Å²) in [5.74, 6) is 0.0279. The highest BCUT2D eigenvalue weighted by atomic mass is 35.5. The molecule has 1 saturated heterocycles. The Morgan fingerprint density at radius 1 is 1.33 bits per heavy atom. The minimum absolute atomic E-state index is 0.0279. The molecule has 1 fully saturated rings. The molecule has 0 aliphatic carbocycles. The molecule has 0 bridgehead atoms. The fraction of sp³-hybridized carbons (Fsp3) is 0.438. The first-order valence-electron chi connectivity index (χ1n) is 7.27. The van der Waals surface area contributed by atoms with Crippen LogP contribution in [0.25, 0.3) is 6.08 Å². The maximum Gasteiger partial charge on any atom is 0.246 e. The third-order valence-electron chi connectivity index (χ3n) is 3.63. The van der Waals surface area contributed by atoms with Crippen LogP contribution in [0, 0.1) is 0 Å². The molecule has 1 amide bonds.